The summed E-state index contributed by atoms with van der Waals surface area (Å²) in [5.41, 5.74) is 0.673. The lowest BCUT2D eigenvalue weighted by Gasteiger charge is -2.30. The molecule has 2 aliphatic rings. The fourth-order valence-corrected chi connectivity index (χ4v) is 9.61. The third-order valence-electron chi connectivity index (χ3n) is 14.3. The third kappa shape index (κ3) is 17.8. The number of aliphatic hydroxyl groups excluding tert-OH is 1. The molecule has 2 aliphatic heterocycles. The number of ketones is 1. The number of carboxylic acid groups (broad SMARTS) is 1. The van der Waals surface area contributed by atoms with Crippen molar-refractivity contribution in [1.82, 2.24) is 36.0 Å². The first-order chi connectivity index (χ1) is 35.7. The first-order valence-corrected chi connectivity index (χ1v) is 26.7. The molecular weight excluding hydrogens is 967 g/mol. The number of aromatic hydroxyl groups is 2. The summed E-state index contributed by atoms with van der Waals surface area (Å²) in [7, 11) is 2.73. The minimum absolute atomic E-state index is 0.0475. The topological polar surface area (TPSA) is 292 Å². The molecule has 0 aromatic heterocycles. The van der Waals surface area contributed by atoms with Crippen molar-refractivity contribution < 1.29 is 63.6 Å². The third-order valence-corrected chi connectivity index (χ3v) is 14.3. The Balaban J connectivity index is 1.39. The van der Waals surface area contributed by atoms with Crippen molar-refractivity contribution in [3.8, 4) is 22.6 Å². The number of carboxylic acids is 1. The Kier molecular flexibility index (Phi) is 24.5. The molecule has 0 saturated carbocycles. The molecule has 8 N–H and O–H groups in total. The number of hydrogen-bond donors (Lipinski definition) is 8. The predicted octanol–water partition coefficient (Wildman–Crippen LogP) is 4.54. The molecule has 0 spiro atoms. The lowest BCUT2D eigenvalue weighted by atomic mass is 9.93. The number of hydrogen-bond acceptors (Lipinski definition) is 12. The maximum Gasteiger partial charge on any atom is 0.326 e. The summed E-state index contributed by atoms with van der Waals surface area (Å²) >= 11 is 0. The molecule has 20 heteroatoms. The summed E-state index contributed by atoms with van der Waals surface area (Å²) in [6.07, 6.45) is 14.9. The summed E-state index contributed by atoms with van der Waals surface area (Å²) in [4.78, 5) is 124. The van der Waals surface area contributed by atoms with Gasteiger partial charge < -0.3 is 56.4 Å². The lowest BCUT2D eigenvalue weighted by Crippen LogP contribution is -2.57. The Morgan fingerprint density at radius 2 is 1.32 bits per heavy atom. The molecule has 4 rings (SSSR count). The number of likely N-dealkylation sites (N-methyl/N-ethyl adjacent to an activating group) is 2. The SMILES string of the molecule is CCCCCCCCCCCCCCCC(=O)N(C)[C@H](CO)C(=O)N[C@H](C)C(=O)CCC(=O)N(C)[C@@H]1C(=O)N[C@@H](C)C(=O)N[C@H](C(=O)N[C@@H](C)C(=O)N2CCC[C@H]2C(=O)O)Cc2ccc(O)c(c2)-c2cc1ccc2O. The number of benzene rings is 2. The van der Waals surface area contributed by atoms with Crippen molar-refractivity contribution in [2.24, 2.45) is 0 Å². The van der Waals surface area contributed by atoms with E-state index in [2.05, 4.69) is 28.2 Å². The van der Waals surface area contributed by atoms with Crippen molar-refractivity contribution in [3.05, 3.63) is 47.5 Å². The molecule has 7 amide bonds. The Bertz CT molecular complexity index is 2330. The molecule has 20 nitrogen and oxygen atoms in total. The molecule has 0 aliphatic carbocycles. The number of nitrogens with zero attached hydrogens (tertiary/aromatic N) is 3. The predicted molar refractivity (Wildman–Crippen MR) is 280 cm³/mol. The molecule has 0 radical (unpaired) electrons. The number of carbonyl (C=O) groups excluding carboxylic acids is 8. The van der Waals surface area contributed by atoms with Crippen LogP contribution in [0.4, 0.5) is 0 Å². The van der Waals surface area contributed by atoms with Gasteiger partial charge in [0, 0.05) is 57.5 Å². The van der Waals surface area contributed by atoms with E-state index in [9.17, 15) is 63.6 Å². The molecule has 4 bridgehead atoms. The van der Waals surface area contributed by atoms with Crippen molar-refractivity contribution >= 4 is 53.1 Å². The molecule has 75 heavy (non-hydrogen) atoms. The van der Waals surface area contributed by atoms with Gasteiger partial charge in [-0.1, -0.05) is 96.1 Å². The number of aliphatic hydroxyl groups is 1. The van der Waals surface area contributed by atoms with Gasteiger partial charge in [0.05, 0.1) is 12.6 Å². The van der Waals surface area contributed by atoms with Crippen LogP contribution in [-0.2, 0) is 49.6 Å². The number of nitrogens with one attached hydrogen (secondary N) is 4. The molecular formula is C55H81N7O13. The highest BCUT2D eigenvalue weighted by atomic mass is 16.4. The van der Waals surface area contributed by atoms with Crippen molar-refractivity contribution in [1.29, 1.82) is 0 Å². The van der Waals surface area contributed by atoms with Gasteiger partial charge in [-0.3, -0.25) is 38.4 Å². The number of phenolic OH excluding ortho intramolecular Hbond substituents is 2. The second kappa shape index (κ2) is 30.1. The van der Waals surface area contributed by atoms with Gasteiger partial charge in [-0.05, 0) is 75.4 Å². The zero-order valence-electron chi connectivity index (χ0n) is 44.7. The van der Waals surface area contributed by atoms with Gasteiger partial charge in [-0.15, -0.1) is 0 Å². The average molecular weight is 1050 g/mol. The van der Waals surface area contributed by atoms with Gasteiger partial charge in [0.2, 0.25) is 41.4 Å². The van der Waals surface area contributed by atoms with Crippen molar-refractivity contribution in [2.45, 2.75) is 192 Å². The Hall–Kier alpha value is -6.57. The van der Waals surface area contributed by atoms with Gasteiger partial charge in [0.1, 0.15) is 47.8 Å². The number of phenols is 2. The van der Waals surface area contributed by atoms with Crippen LogP contribution in [0.5, 0.6) is 11.5 Å². The quantitative estimate of drug-likeness (QED) is 0.0571. The van der Waals surface area contributed by atoms with Gasteiger partial charge in [-0.25, -0.2) is 4.79 Å². The fourth-order valence-electron chi connectivity index (χ4n) is 9.61. The van der Waals surface area contributed by atoms with E-state index in [1.807, 2.05) is 0 Å². The number of Topliss-reactive ketones (excluding diaryl/α,β-unsaturated/α-hetero) is 1. The Labute approximate surface area is 440 Å². The van der Waals surface area contributed by atoms with E-state index in [1.54, 1.807) is 0 Å². The fraction of sp³-hybridized carbons (Fsp3) is 0.618. The minimum Gasteiger partial charge on any atom is -0.507 e. The van der Waals surface area contributed by atoms with Gasteiger partial charge in [0.15, 0.2) is 5.78 Å². The highest BCUT2D eigenvalue weighted by Crippen LogP contribution is 2.39. The smallest absolute Gasteiger partial charge is 0.326 e. The van der Waals surface area contributed by atoms with Crippen molar-refractivity contribution in [2.75, 3.05) is 27.2 Å². The normalized spacial score (nSPS) is 18.8. The van der Waals surface area contributed by atoms with Crippen LogP contribution in [-0.4, -0.2) is 152 Å². The van der Waals surface area contributed by atoms with E-state index in [0.29, 0.717) is 18.4 Å². The summed E-state index contributed by atoms with van der Waals surface area (Å²) in [6, 6.07) is -0.480. The van der Waals surface area contributed by atoms with Crippen LogP contribution in [0.1, 0.15) is 160 Å². The highest BCUT2D eigenvalue weighted by molar-refractivity contribution is 5.98. The lowest BCUT2D eigenvalue weighted by molar-refractivity contribution is -0.149. The van der Waals surface area contributed by atoms with Crippen LogP contribution in [0.2, 0.25) is 0 Å². The number of fused-ring (bicyclic) bond motifs is 5. The molecule has 2 aromatic rings. The van der Waals surface area contributed by atoms with Gasteiger partial charge in [-0.2, -0.15) is 0 Å². The van der Waals surface area contributed by atoms with E-state index in [4.69, 9.17) is 0 Å². The van der Waals surface area contributed by atoms with Crippen molar-refractivity contribution in [3.63, 3.8) is 0 Å². The highest BCUT2D eigenvalue weighted by Gasteiger charge is 2.38. The maximum absolute atomic E-state index is 14.3. The summed E-state index contributed by atoms with van der Waals surface area (Å²) in [5.74, 6) is -7.22. The minimum atomic E-state index is -1.49. The standard InChI is InChI=1S/C55H81N7O13/c1-7-8-9-10-11-12-13-14-15-16-17-18-19-22-47(67)60(5)43(33-63)52(71)56-34(2)44(64)27-28-48(68)61(6)49-38-24-26-46(66)40(32-38)39-30-37(23-25-45(39)65)31-41(59-50(69)35(3)57-53(49)72)51(70)58-36(4)54(73)62-29-20-21-42(62)55(74)75/h23-26,30,32,34-36,41-43,49,63,65-66H,7-22,27-29,31,33H2,1-6H3,(H,56,71)(H,57,72)(H,58,70)(H,59,69)(H,74,75)/t34-,35+,36+,41+,42+,43-,49+/m1/s1. The number of rotatable bonds is 27. The summed E-state index contributed by atoms with van der Waals surface area (Å²) in [5, 5.41) is 52.2. The summed E-state index contributed by atoms with van der Waals surface area (Å²) < 4.78 is 0. The first-order valence-electron chi connectivity index (χ1n) is 26.7. The molecule has 2 aromatic carbocycles. The van der Waals surface area contributed by atoms with Crippen LogP contribution in [0, 0.1) is 0 Å². The summed E-state index contributed by atoms with van der Waals surface area (Å²) in [6.45, 7) is 5.88. The van der Waals surface area contributed by atoms with Crippen LogP contribution in [0.15, 0.2) is 36.4 Å². The van der Waals surface area contributed by atoms with Crippen LogP contribution in [0.25, 0.3) is 11.1 Å². The van der Waals surface area contributed by atoms with E-state index >= 15 is 0 Å². The van der Waals surface area contributed by atoms with E-state index in [1.165, 1.54) is 139 Å². The monoisotopic (exact) mass is 1050 g/mol. The number of amides is 7. The number of aliphatic carboxylic acids is 1. The Morgan fingerprint density at radius 1 is 0.733 bits per heavy atom. The van der Waals surface area contributed by atoms with E-state index in [0.717, 1.165) is 24.2 Å². The number of carbonyl (C=O) groups is 9. The zero-order chi connectivity index (χ0) is 55.4. The molecule has 1 fully saturated rings. The number of likely N-dealkylation sites (tertiary alicyclic amines) is 1. The molecule has 414 valence electrons. The average Bonchev–Trinajstić information content (AvgIpc) is 3.88. The van der Waals surface area contributed by atoms with Gasteiger partial charge in [0.25, 0.3) is 0 Å². The molecule has 1 saturated heterocycles. The van der Waals surface area contributed by atoms with Gasteiger partial charge >= 0.3 is 5.97 Å². The molecule has 0 unspecified atom stereocenters. The first kappa shape index (κ1) is 61.0. The largest absolute Gasteiger partial charge is 0.507 e. The van der Waals surface area contributed by atoms with Crippen LogP contribution in [0.3, 0.4) is 0 Å². The van der Waals surface area contributed by atoms with E-state index in [-0.39, 0.29) is 66.3 Å². The second-order valence-electron chi connectivity index (χ2n) is 20.2. The molecule has 2 heterocycles. The van der Waals surface area contributed by atoms with Crippen LogP contribution < -0.4 is 21.3 Å². The van der Waals surface area contributed by atoms with Crippen LogP contribution >= 0.6 is 0 Å². The Morgan fingerprint density at radius 3 is 1.92 bits per heavy atom. The molecule has 7 atom stereocenters. The zero-order valence-corrected chi connectivity index (χ0v) is 44.7. The second-order valence-corrected chi connectivity index (χ2v) is 20.2. The number of unbranched alkanes of at least 4 members (excludes halogenated alkanes) is 12. The maximum atomic E-state index is 14.3. The van der Waals surface area contributed by atoms with E-state index < -0.39 is 103 Å².